The highest BCUT2D eigenvalue weighted by Gasteiger charge is 2.42. The quantitative estimate of drug-likeness (QED) is 0.742. The molecule has 2 heteroatoms. The molecule has 0 heterocycles. The molecular formula is C15H18ClN. The highest BCUT2D eigenvalue weighted by atomic mass is 35.5. The van der Waals surface area contributed by atoms with Gasteiger partial charge in [0, 0.05) is 11.1 Å². The number of halogens is 1. The first-order chi connectivity index (χ1) is 8.11. The highest BCUT2D eigenvalue weighted by Crippen LogP contribution is 2.54. The molecule has 2 aliphatic rings. The molecule has 3 rings (SSSR count). The lowest BCUT2D eigenvalue weighted by molar-refractivity contribution is 0.257. The van der Waals surface area contributed by atoms with Crippen molar-refractivity contribution in [2.45, 2.75) is 38.1 Å². The molecule has 1 aromatic rings. The van der Waals surface area contributed by atoms with Crippen LogP contribution in [0.4, 0.5) is 0 Å². The van der Waals surface area contributed by atoms with Gasteiger partial charge in [0.05, 0.1) is 0 Å². The minimum Gasteiger partial charge on any atom is -0.328 e. The summed E-state index contributed by atoms with van der Waals surface area (Å²) in [7, 11) is 0. The molecule has 1 aromatic carbocycles. The fourth-order valence-corrected chi connectivity index (χ4v) is 3.58. The molecule has 1 saturated carbocycles. The van der Waals surface area contributed by atoms with Crippen molar-refractivity contribution in [2.75, 3.05) is 0 Å². The van der Waals surface area contributed by atoms with Crippen LogP contribution in [0.1, 0.15) is 36.8 Å². The van der Waals surface area contributed by atoms with Gasteiger partial charge in [-0.1, -0.05) is 24.2 Å². The number of hydrogen-bond donors (Lipinski definition) is 1. The monoisotopic (exact) mass is 247 g/mol. The van der Waals surface area contributed by atoms with Crippen LogP contribution in [0.3, 0.4) is 0 Å². The number of allylic oxidation sites excluding steroid dienone is 1. The summed E-state index contributed by atoms with van der Waals surface area (Å²) < 4.78 is 0. The summed E-state index contributed by atoms with van der Waals surface area (Å²) in [5.74, 6) is 0. The minimum absolute atomic E-state index is 0.281. The number of nitrogens with two attached hydrogens (primary N) is 1. The smallest absolute Gasteiger partial charge is 0.0412 e. The first-order valence-corrected chi connectivity index (χ1v) is 6.72. The maximum absolute atomic E-state index is 6.08. The first-order valence-electron chi connectivity index (χ1n) is 6.34. The van der Waals surface area contributed by atoms with Gasteiger partial charge in [0.25, 0.3) is 0 Å². The summed E-state index contributed by atoms with van der Waals surface area (Å²) in [4.78, 5) is 0. The lowest BCUT2D eigenvalue weighted by Gasteiger charge is -2.37. The van der Waals surface area contributed by atoms with E-state index in [0.29, 0.717) is 6.04 Å². The second kappa shape index (κ2) is 3.86. The molecule has 0 radical (unpaired) electrons. The zero-order valence-corrected chi connectivity index (χ0v) is 10.8. The van der Waals surface area contributed by atoms with Crippen LogP contribution in [0.25, 0.3) is 5.57 Å². The normalized spacial score (nSPS) is 31.9. The van der Waals surface area contributed by atoms with Crippen molar-refractivity contribution in [1.29, 1.82) is 0 Å². The number of fused-ring (bicyclic) bond motifs is 1. The van der Waals surface area contributed by atoms with Crippen LogP contribution < -0.4 is 5.73 Å². The van der Waals surface area contributed by atoms with Crippen LogP contribution in [0.2, 0.25) is 5.02 Å². The van der Waals surface area contributed by atoms with E-state index < -0.39 is 0 Å². The molecule has 17 heavy (non-hydrogen) atoms. The molecule has 0 aromatic heterocycles. The van der Waals surface area contributed by atoms with Gasteiger partial charge in [-0.2, -0.15) is 0 Å². The van der Waals surface area contributed by atoms with Crippen molar-refractivity contribution in [3.8, 4) is 0 Å². The molecule has 0 saturated heterocycles. The standard InChI is InChI=1S/C15H18ClN/c1-10-14-8-12(16)3-2-11(14)9-15(10)6-4-13(17)5-7-15/h2-3,8,13H,1,4-7,9,17H2. The largest absolute Gasteiger partial charge is 0.328 e. The Balaban J connectivity index is 1.96. The van der Waals surface area contributed by atoms with E-state index >= 15 is 0 Å². The highest BCUT2D eigenvalue weighted by molar-refractivity contribution is 6.30. The van der Waals surface area contributed by atoms with Gasteiger partial charge in [0.1, 0.15) is 0 Å². The molecule has 90 valence electrons. The van der Waals surface area contributed by atoms with E-state index in [2.05, 4.69) is 18.7 Å². The third-order valence-electron chi connectivity index (χ3n) is 4.55. The third kappa shape index (κ3) is 1.73. The van der Waals surface area contributed by atoms with Gasteiger partial charge >= 0.3 is 0 Å². The van der Waals surface area contributed by atoms with Crippen LogP contribution in [0.5, 0.6) is 0 Å². The van der Waals surface area contributed by atoms with Crippen LogP contribution in [-0.2, 0) is 6.42 Å². The van der Waals surface area contributed by atoms with E-state index in [1.165, 1.54) is 29.5 Å². The molecule has 0 atom stereocenters. The second-order valence-corrected chi connectivity index (χ2v) is 6.01. The lowest BCUT2D eigenvalue weighted by Crippen LogP contribution is -2.33. The number of benzene rings is 1. The average molecular weight is 248 g/mol. The van der Waals surface area contributed by atoms with Crippen molar-refractivity contribution >= 4 is 17.2 Å². The second-order valence-electron chi connectivity index (χ2n) is 5.57. The molecule has 1 fully saturated rings. The zero-order valence-electron chi connectivity index (χ0n) is 10.0. The Kier molecular flexibility index (Phi) is 2.57. The maximum atomic E-state index is 6.08. The van der Waals surface area contributed by atoms with Gasteiger partial charge in [-0.3, -0.25) is 0 Å². The van der Waals surface area contributed by atoms with Gasteiger partial charge in [0.2, 0.25) is 0 Å². The Bertz CT molecular complexity index is 470. The van der Waals surface area contributed by atoms with E-state index in [0.717, 1.165) is 24.3 Å². The Morgan fingerprint density at radius 2 is 2.00 bits per heavy atom. The molecule has 0 bridgehead atoms. The van der Waals surface area contributed by atoms with E-state index in [4.69, 9.17) is 17.3 Å². The molecule has 0 aliphatic heterocycles. The fourth-order valence-electron chi connectivity index (χ4n) is 3.41. The van der Waals surface area contributed by atoms with E-state index in [1.54, 1.807) is 0 Å². The molecule has 0 unspecified atom stereocenters. The van der Waals surface area contributed by atoms with E-state index in [9.17, 15) is 0 Å². The average Bonchev–Trinajstić information content (AvgIpc) is 2.58. The summed E-state index contributed by atoms with van der Waals surface area (Å²) in [5.41, 5.74) is 10.3. The van der Waals surface area contributed by atoms with Crippen molar-refractivity contribution in [3.05, 3.63) is 40.9 Å². The van der Waals surface area contributed by atoms with Crippen molar-refractivity contribution in [2.24, 2.45) is 11.1 Å². The molecule has 0 amide bonds. The van der Waals surface area contributed by atoms with Crippen LogP contribution >= 0.6 is 11.6 Å². The Labute approximate surface area is 108 Å². The summed E-state index contributed by atoms with van der Waals surface area (Å²) >= 11 is 6.08. The van der Waals surface area contributed by atoms with E-state index in [1.807, 2.05) is 6.07 Å². The third-order valence-corrected chi connectivity index (χ3v) is 4.79. The minimum atomic E-state index is 0.281. The van der Waals surface area contributed by atoms with Crippen LogP contribution in [0, 0.1) is 5.41 Å². The Morgan fingerprint density at radius 3 is 2.71 bits per heavy atom. The predicted octanol–water partition coefficient (Wildman–Crippen LogP) is 3.80. The first kappa shape index (κ1) is 11.3. The SMILES string of the molecule is C=C1c2cc(Cl)ccc2CC12CCC(N)CC2. The van der Waals surface area contributed by atoms with Crippen molar-refractivity contribution < 1.29 is 0 Å². The summed E-state index contributed by atoms with van der Waals surface area (Å²) in [6.45, 7) is 4.34. The topological polar surface area (TPSA) is 26.0 Å². The zero-order chi connectivity index (χ0) is 12.0. The Hall–Kier alpha value is -0.790. The number of hydrogen-bond acceptors (Lipinski definition) is 1. The van der Waals surface area contributed by atoms with Gasteiger partial charge in [-0.15, -0.1) is 0 Å². The molecule has 2 aliphatic carbocycles. The van der Waals surface area contributed by atoms with Crippen molar-refractivity contribution in [3.63, 3.8) is 0 Å². The molecule has 1 nitrogen and oxygen atoms in total. The summed E-state index contributed by atoms with van der Waals surface area (Å²) in [6, 6.07) is 6.61. The van der Waals surface area contributed by atoms with E-state index in [-0.39, 0.29) is 5.41 Å². The predicted molar refractivity (Wildman–Crippen MR) is 73.1 cm³/mol. The summed E-state index contributed by atoms with van der Waals surface area (Å²) in [5, 5.41) is 0.814. The molecular weight excluding hydrogens is 230 g/mol. The lowest BCUT2D eigenvalue weighted by atomic mass is 9.69. The van der Waals surface area contributed by atoms with Gasteiger partial charge in [-0.05, 0) is 66.4 Å². The maximum Gasteiger partial charge on any atom is 0.0412 e. The van der Waals surface area contributed by atoms with Crippen molar-refractivity contribution in [1.82, 2.24) is 0 Å². The Morgan fingerprint density at radius 1 is 1.29 bits per heavy atom. The molecule has 1 spiro atoms. The number of rotatable bonds is 0. The van der Waals surface area contributed by atoms with Gasteiger partial charge in [0.15, 0.2) is 0 Å². The van der Waals surface area contributed by atoms with Crippen LogP contribution in [0.15, 0.2) is 24.8 Å². The van der Waals surface area contributed by atoms with Gasteiger partial charge in [-0.25, -0.2) is 0 Å². The molecule has 2 N–H and O–H groups in total. The summed E-state index contributed by atoms with van der Waals surface area (Å²) in [6.07, 6.45) is 5.74. The van der Waals surface area contributed by atoms with Crippen LogP contribution in [-0.4, -0.2) is 6.04 Å². The van der Waals surface area contributed by atoms with Gasteiger partial charge < -0.3 is 5.73 Å². The fraction of sp³-hybridized carbons (Fsp3) is 0.467.